The Morgan fingerprint density at radius 1 is 1.27 bits per heavy atom. The average Bonchev–Trinajstić information content (AvgIpc) is 2.50. The number of benzene rings is 1. The van der Waals surface area contributed by atoms with E-state index in [1.165, 1.54) is 24.3 Å². The summed E-state index contributed by atoms with van der Waals surface area (Å²) in [5.41, 5.74) is 5.56. The molecule has 1 heterocycles. The van der Waals surface area contributed by atoms with Gasteiger partial charge in [-0.25, -0.2) is 12.8 Å². The third-order valence-electron chi connectivity index (χ3n) is 4.14. The maximum Gasteiger partial charge on any atom is 0.243 e. The number of hydrogen-bond donors (Lipinski definition) is 1. The van der Waals surface area contributed by atoms with Crippen LogP contribution >= 0.6 is 0 Å². The summed E-state index contributed by atoms with van der Waals surface area (Å²) in [6, 6.07) is 5.03. The van der Waals surface area contributed by atoms with Gasteiger partial charge in [0.2, 0.25) is 10.0 Å². The predicted molar refractivity (Wildman–Crippen MR) is 84.5 cm³/mol. The van der Waals surface area contributed by atoms with Crippen molar-refractivity contribution in [1.29, 1.82) is 0 Å². The number of likely N-dealkylation sites (tertiary alicyclic amines) is 1. The number of halogens is 1. The summed E-state index contributed by atoms with van der Waals surface area (Å²) >= 11 is 0. The van der Waals surface area contributed by atoms with Crippen molar-refractivity contribution in [3.05, 3.63) is 30.1 Å². The van der Waals surface area contributed by atoms with Gasteiger partial charge in [0.1, 0.15) is 5.82 Å². The summed E-state index contributed by atoms with van der Waals surface area (Å²) in [4.78, 5) is 2.41. The van der Waals surface area contributed by atoms with Crippen LogP contribution in [0.2, 0.25) is 0 Å². The molecule has 1 aliphatic rings. The van der Waals surface area contributed by atoms with Crippen LogP contribution in [0.1, 0.15) is 19.8 Å². The standard InChI is InChI=1S/C15H24FN3O2S/c1-2-19(14-7-10-18(11-8-14)12-9-17)22(20,21)15-5-3-13(16)4-6-15/h3-6,14H,2,7-12,17H2,1H3. The van der Waals surface area contributed by atoms with Gasteiger partial charge in [0.25, 0.3) is 0 Å². The fourth-order valence-electron chi connectivity index (χ4n) is 2.98. The largest absolute Gasteiger partial charge is 0.329 e. The quantitative estimate of drug-likeness (QED) is 0.853. The molecule has 5 nitrogen and oxygen atoms in total. The van der Waals surface area contributed by atoms with E-state index in [0.29, 0.717) is 13.1 Å². The second kappa shape index (κ2) is 7.50. The molecular weight excluding hydrogens is 305 g/mol. The topological polar surface area (TPSA) is 66.6 Å². The van der Waals surface area contributed by atoms with Gasteiger partial charge in [0, 0.05) is 25.7 Å². The Balaban J connectivity index is 2.12. The molecule has 1 saturated heterocycles. The Morgan fingerprint density at radius 2 is 1.86 bits per heavy atom. The number of nitrogens with two attached hydrogens (primary N) is 1. The lowest BCUT2D eigenvalue weighted by Gasteiger charge is -2.37. The molecule has 22 heavy (non-hydrogen) atoms. The van der Waals surface area contributed by atoms with E-state index in [2.05, 4.69) is 4.90 Å². The molecule has 0 spiro atoms. The first kappa shape index (κ1) is 17.3. The highest BCUT2D eigenvalue weighted by molar-refractivity contribution is 7.89. The van der Waals surface area contributed by atoms with Crippen LogP contribution in [0.25, 0.3) is 0 Å². The van der Waals surface area contributed by atoms with E-state index in [1.807, 2.05) is 6.92 Å². The number of hydrogen-bond acceptors (Lipinski definition) is 4. The first-order chi connectivity index (χ1) is 10.5. The monoisotopic (exact) mass is 329 g/mol. The van der Waals surface area contributed by atoms with E-state index in [9.17, 15) is 12.8 Å². The molecule has 0 aromatic heterocycles. The van der Waals surface area contributed by atoms with Gasteiger partial charge in [-0.05, 0) is 50.2 Å². The summed E-state index contributed by atoms with van der Waals surface area (Å²) in [5.74, 6) is -0.433. The van der Waals surface area contributed by atoms with Crippen molar-refractivity contribution in [2.45, 2.75) is 30.7 Å². The van der Waals surface area contributed by atoms with Gasteiger partial charge in [0.05, 0.1) is 4.90 Å². The Hall–Kier alpha value is -1.02. The molecule has 0 radical (unpaired) electrons. The molecule has 2 N–H and O–H groups in total. The highest BCUT2D eigenvalue weighted by Gasteiger charge is 2.32. The second-order valence-electron chi connectivity index (χ2n) is 5.52. The normalized spacial score (nSPS) is 18.0. The van der Waals surface area contributed by atoms with E-state index in [-0.39, 0.29) is 10.9 Å². The molecule has 0 saturated carbocycles. The predicted octanol–water partition coefficient (Wildman–Crippen LogP) is 1.26. The highest BCUT2D eigenvalue weighted by atomic mass is 32.2. The Bertz CT molecular complexity index is 569. The van der Waals surface area contributed by atoms with Crippen molar-refractivity contribution in [2.24, 2.45) is 5.73 Å². The zero-order valence-corrected chi connectivity index (χ0v) is 13.7. The third-order valence-corrected chi connectivity index (χ3v) is 6.18. The summed E-state index contributed by atoms with van der Waals surface area (Å²) in [5, 5.41) is 0. The first-order valence-electron chi connectivity index (χ1n) is 7.69. The van der Waals surface area contributed by atoms with Crippen LogP contribution in [0.5, 0.6) is 0 Å². The summed E-state index contributed by atoms with van der Waals surface area (Å²) in [6.45, 7) is 5.45. The highest BCUT2D eigenvalue weighted by Crippen LogP contribution is 2.24. The number of rotatable bonds is 6. The van der Waals surface area contributed by atoms with Crippen LogP contribution in [-0.2, 0) is 10.0 Å². The van der Waals surface area contributed by atoms with Crippen molar-refractivity contribution in [3.8, 4) is 0 Å². The van der Waals surface area contributed by atoms with E-state index < -0.39 is 15.8 Å². The molecule has 0 unspecified atom stereocenters. The molecule has 0 bridgehead atoms. The zero-order chi connectivity index (χ0) is 16.2. The van der Waals surface area contributed by atoms with Gasteiger partial charge in [-0.3, -0.25) is 0 Å². The summed E-state index contributed by atoms with van der Waals surface area (Å²) < 4.78 is 40.0. The molecule has 124 valence electrons. The van der Waals surface area contributed by atoms with Crippen LogP contribution in [0.15, 0.2) is 29.2 Å². The maximum atomic E-state index is 13.0. The van der Waals surface area contributed by atoms with Gasteiger partial charge in [-0.1, -0.05) is 6.92 Å². The first-order valence-corrected chi connectivity index (χ1v) is 9.13. The van der Waals surface area contributed by atoms with Crippen LogP contribution in [0.3, 0.4) is 0 Å². The van der Waals surface area contributed by atoms with Gasteiger partial charge in [-0.2, -0.15) is 4.31 Å². The number of piperidine rings is 1. The van der Waals surface area contributed by atoms with Crippen molar-refractivity contribution >= 4 is 10.0 Å². The maximum absolute atomic E-state index is 13.0. The van der Waals surface area contributed by atoms with Gasteiger partial charge >= 0.3 is 0 Å². The van der Waals surface area contributed by atoms with Crippen molar-refractivity contribution < 1.29 is 12.8 Å². The smallest absolute Gasteiger partial charge is 0.243 e. The zero-order valence-electron chi connectivity index (χ0n) is 12.9. The molecule has 1 aromatic rings. The van der Waals surface area contributed by atoms with E-state index >= 15 is 0 Å². The van der Waals surface area contributed by atoms with Crippen molar-refractivity contribution in [2.75, 3.05) is 32.7 Å². The fourth-order valence-corrected chi connectivity index (χ4v) is 4.67. The molecular formula is C15H24FN3O2S. The second-order valence-corrected chi connectivity index (χ2v) is 7.41. The Kier molecular flexibility index (Phi) is 5.91. The lowest BCUT2D eigenvalue weighted by Crippen LogP contribution is -2.48. The van der Waals surface area contributed by atoms with Crippen molar-refractivity contribution in [3.63, 3.8) is 0 Å². The van der Waals surface area contributed by atoms with Gasteiger partial charge < -0.3 is 10.6 Å². The molecule has 0 aliphatic carbocycles. The van der Waals surface area contributed by atoms with Crippen LogP contribution in [0, 0.1) is 5.82 Å². The Labute approximate surface area is 131 Å². The van der Waals surface area contributed by atoms with E-state index in [4.69, 9.17) is 5.73 Å². The minimum absolute atomic E-state index is 0.00548. The minimum atomic E-state index is -3.57. The van der Waals surface area contributed by atoms with Crippen molar-refractivity contribution in [1.82, 2.24) is 9.21 Å². The Morgan fingerprint density at radius 3 is 2.36 bits per heavy atom. The average molecular weight is 329 g/mol. The van der Waals surface area contributed by atoms with Crippen LogP contribution in [0.4, 0.5) is 4.39 Å². The SMILES string of the molecule is CCN(C1CCN(CCN)CC1)S(=O)(=O)c1ccc(F)cc1. The minimum Gasteiger partial charge on any atom is -0.329 e. The summed E-state index contributed by atoms with van der Waals surface area (Å²) in [6.07, 6.45) is 1.60. The fraction of sp³-hybridized carbons (Fsp3) is 0.600. The van der Waals surface area contributed by atoms with Gasteiger partial charge in [0.15, 0.2) is 0 Å². The summed E-state index contributed by atoms with van der Waals surface area (Å²) in [7, 11) is -3.57. The third kappa shape index (κ3) is 3.84. The van der Waals surface area contributed by atoms with Gasteiger partial charge in [-0.15, -0.1) is 0 Å². The molecule has 1 aliphatic heterocycles. The lowest BCUT2D eigenvalue weighted by atomic mass is 10.1. The number of sulfonamides is 1. The molecule has 0 atom stereocenters. The molecule has 7 heteroatoms. The van der Waals surface area contributed by atoms with Crippen LogP contribution in [-0.4, -0.2) is 56.4 Å². The molecule has 1 fully saturated rings. The van der Waals surface area contributed by atoms with E-state index in [0.717, 1.165) is 32.5 Å². The lowest BCUT2D eigenvalue weighted by molar-refractivity contribution is 0.164. The van der Waals surface area contributed by atoms with Crippen LogP contribution < -0.4 is 5.73 Å². The van der Waals surface area contributed by atoms with E-state index in [1.54, 1.807) is 4.31 Å². The molecule has 1 aromatic carbocycles. The molecule has 2 rings (SSSR count). The number of nitrogens with zero attached hydrogens (tertiary/aromatic N) is 2. The molecule has 0 amide bonds.